The van der Waals surface area contributed by atoms with Crippen molar-refractivity contribution in [2.75, 3.05) is 24.5 Å². The summed E-state index contributed by atoms with van der Waals surface area (Å²) in [6.07, 6.45) is 5.23. The number of rotatable bonds is 5. The quantitative estimate of drug-likeness (QED) is 0.893. The zero-order chi connectivity index (χ0) is 15.2. The van der Waals surface area contributed by atoms with E-state index in [2.05, 4.69) is 20.2 Å². The monoisotopic (exact) mass is 292 g/mol. The third-order valence-corrected chi connectivity index (χ3v) is 3.44. The molecule has 1 aromatic heterocycles. The molecule has 1 fully saturated rings. The summed E-state index contributed by atoms with van der Waals surface area (Å²) in [7, 11) is 0. The number of aromatic nitrogens is 2. The van der Waals surface area contributed by atoms with Crippen LogP contribution in [0.25, 0.3) is 0 Å². The van der Waals surface area contributed by atoms with E-state index in [1.165, 1.54) is 0 Å². The minimum atomic E-state index is 0.00704. The van der Waals surface area contributed by atoms with Gasteiger partial charge in [0.1, 0.15) is 0 Å². The fourth-order valence-electron chi connectivity index (χ4n) is 2.54. The first-order chi connectivity index (χ1) is 10.1. The number of nitrogens with one attached hydrogen (secondary N) is 1. The standard InChI is InChI=1S/C15H24N4O2/c1-4-16-14(20)12-6-5-9-19(10-12)13-15(21-11(2)3)18-8-7-17-13/h7-8,11-12H,4-6,9-10H2,1-3H3,(H,16,20). The average molecular weight is 292 g/mol. The molecule has 1 aliphatic rings. The minimum Gasteiger partial charge on any atom is -0.472 e. The van der Waals surface area contributed by atoms with Gasteiger partial charge in [0.25, 0.3) is 5.88 Å². The lowest BCUT2D eigenvalue weighted by molar-refractivity contribution is -0.125. The van der Waals surface area contributed by atoms with Crippen LogP contribution in [-0.4, -0.2) is 41.6 Å². The van der Waals surface area contributed by atoms with Crippen molar-refractivity contribution in [3.05, 3.63) is 12.4 Å². The first-order valence-electron chi connectivity index (χ1n) is 7.62. The first-order valence-corrected chi connectivity index (χ1v) is 7.62. The maximum atomic E-state index is 12.0. The van der Waals surface area contributed by atoms with Gasteiger partial charge in [-0.3, -0.25) is 4.79 Å². The highest BCUT2D eigenvalue weighted by Gasteiger charge is 2.28. The Labute approximate surface area is 125 Å². The minimum absolute atomic E-state index is 0.00704. The summed E-state index contributed by atoms with van der Waals surface area (Å²) in [5.74, 6) is 1.41. The Bertz CT molecular complexity index is 478. The highest BCUT2D eigenvalue weighted by Crippen LogP contribution is 2.28. The van der Waals surface area contributed by atoms with Crippen LogP contribution in [0, 0.1) is 5.92 Å². The number of piperidine rings is 1. The molecule has 1 aliphatic heterocycles. The van der Waals surface area contributed by atoms with Crippen LogP contribution in [0.4, 0.5) is 5.82 Å². The molecule has 0 bridgehead atoms. The van der Waals surface area contributed by atoms with Gasteiger partial charge in [0, 0.05) is 32.0 Å². The fraction of sp³-hybridized carbons (Fsp3) is 0.667. The van der Waals surface area contributed by atoms with E-state index in [1.807, 2.05) is 20.8 Å². The maximum absolute atomic E-state index is 12.0. The maximum Gasteiger partial charge on any atom is 0.257 e. The summed E-state index contributed by atoms with van der Waals surface area (Å²) < 4.78 is 5.73. The number of carbonyl (C=O) groups excluding carboxylic acids is 1. The van der Waals surface area contributed by atoms with Crippen LogP contribution in [0.3, 0.4) is 0 Å². The van der Waals surface area contributed by atoms with Crippen LogP contribution in [-0.2, 0) is 4.79 Å². The second-order valence-corrected chi connectivity index (χ2v) is 5.53. The highest BCUT2D eigenvalue weighted by atomic mass is 16.5. The van der Waals surface area contributed by atoms with E-state index in [0.717, 1.165) is 25.2 Å². The van der Waals surface area contributed by atoms with Crippen molar-refractivity contribution in [1.29, 1.82) is 0 Å². The van der Waals surface area contributed by atoms with Gasteiger partial charge in [-0.2, -0.15) is 0 Å². The molecule has 0 radical (unpaired) electrons. The Balaban J connectivity index is 2.12. The lowest BCUT2D eigenvalue weighted by atomic mass is 9.97. The number of hydrogen-bond acceptors (Lipinski definition) is 5. The van der Waals surface area contributed by atoms with Gasteiger partial charge in [0.05, 0.1) is 12.0 Å². The van der Waals surface area contributed by atoms with Gasteiger partial charge in [0.15, 0.2) is 5.82 Å². The number of anilines is 1. The summed E-state index contributed by atoms with van der Waals surface area (Å²) in [6.45, 7) is 8.08. The molecule has 0 aliphatic carbocycles. The Kier molecular flexibility index (Phi) is 5.36. The van der Waals surface area contributed by atoms with E-state index in [0.29, 0.717) is 19.0 Å². The van der Waals surface area contributed by atoms with E-state index in [9.17, 15) is 4.79 Å². The number of hydrogen-bond donors (Lipinski definition) is 1. The number of carbonyl (C=O) groups is 1. The zero-order valence-electron chi connectivity index (χ0n) is 13.0. The zero-order valence-corrected chi connectivity index (χ0v) is 13.0. The summed E-state index contributed by atoms with van der Waals surface area (Å²) in [4.78, 5) is 22.8. The molecular weight excluding hydrogens is 268 g/mol. The van der Waals surface area contributed by atoms with E-state index >= 15 is 0 Å². The number of nitrogens with zero attached hydrogens (tertiary/aromatic N) is 3. The average Bonchev–Trinajstić information content (AvgIpc) is 2.47. The van der Waals surface area contributed by atoms with Gasteiger partial charge in [-0.15, -0.1) is 0 Å². The Morgan fingerprint density at radius 2 is 2.24 bits per heavy atom. The van der Waals surface area contributed by atoms with Crippen LogP contribution in [0.2, 0.25) is 0 Å². The molecule has 0 spiro atoms. The summed E-state index contributed by atoms with van der Waals surface area (Å²) in [6, 6.07) is 0. The molecule has 0 aromatic carbocycles. The molecule has 1 atom stereocenters. The van der Waals surface area contributed by atoms with Crippen molar-refractivity contribution in [3.8, 4) is 5.88 Å². The summed E-state index contributed by atoms with van der Waals surface area (Å²) in [5, 5.41) is 2.90. The molecule has 21 heavy (non-hydrogen) atoms. The molecule has 1 unspecified atom stereocenters. The van der Waals surface area contributed by atoms with Crippen molar-refractivity contribution in [3.63, 3.8) is 0 Å². The van der Waals surface area contributed by atoms with Crippen LogP contribution >= 0.6 is 0 Å². The van der Waals surface area contributed by atoms with Crippen molar-refractivity contribution >= 4 is 11.7 Å². The Morgan fingerprint density at radius 1 is 1.48 bits per heavy atom. The SMILES string of the molecule is CCNC(=O)C1CCCN(c2nccnc2OC(C)C)C1. The Hall–Kier alpha value is -1.85. The molecule has 2 heterocycles. The lowest BCUT2D eigenvalue weighted by Gasteiger charge is -2.33. The van der Waals surface area contributed by atoms with Gasteiger partial charge >= 0.3 is 0 Å². The highest BCUT2D eigenvalue weighted by molar-refractivity contribution is 5.79. The van der Waals surface area contributed by atoms with Gasteiger partial charge in [-0.25, -0.2) is 9.97 Å². The molecule has 1 aromatic rings. The van der Waals surface area contributed by atoms with Crippen molar-refractivity contribution in [1.82, 2.24) is 15.3 Å². The fourth-order valence-corrected chi connectivity index (χ4v) is 2.54. The van der Waals surface area contributed by atoms with Crippen LogP contribution in [0.15, 0.2) is 12.4 Å². The normalized spacial score (nSPS) is 18.7. The molecule has 1 amide bonds. The third kappa shape index (κ3) is 4.06. The predicted octanol–water partition coefficient (Wildman–Crippen LogP) is 1.62. The molecule has 116 valence electrons. The van der Waals surface area contributed by atoms with Gasteiger partial charge in [-0.1, -0.05) is 0 Å². The smallest absolute Gasteiger partial charge is 0.257 e. The second kappa shape index (κ2) is 7.24. The molecule has 6 heteroatoms. The molecule has 0 saturated carbocycles. The molecule has 2 rings (SSSR count). The first kappa shape index (κ1) is 15.5. The van der Waals surface area contributed by atoms with Crippen molar-refractivity contribution < 1.29 is 9.53 Å². The molecule has 1 N–H and O–H groups in total. The lowest BCUT2D eigenvalue weighted by Crippen LogP contribution is -2.43. The van der Waals surface area contributed by atoms with Gasteiger partial charge in [0.2, 0.25) is 5.91 Å². The van der Waals surface area contributed by atoms with Gasteiger partial charge in [-0.05, 0) is 33.6 Å². The van der Waals surface area contributed by atoms with Crippen molar-refractivity contribution in [2.24, 2.45) is 5.92 Å². The van der Waals surface area contributed by atoms with E-state index in [4.69, 9.17) is 4.74 Å². The third-order valence-electron chi connectivity index (χ3n) is 3.44. The Morgan fingerprint density at radius 3 is 2.95 bits per heavy atom. The van der Waals surface area contributed by atoms with Crippen LogP contribution < -0.4 is 15.0 Å². The molecule has 6 nitrogen and oxygen atoms in total. The van der Waals surface area contributed by atoms with Crippen molar-refractivity contribution in [2.45, 2.75) is 39.7 Å². The van der Waals surface area contributed by atoms with E-state index in [-0.39, 0.29) is 17.9 Å². The largest absolute Gasteiger partial charge is 0.472 e. The van der Waals surface area contributed by atoms with Crippen LogP contribution in [0.1, 0.15) is 33.6 Å². The number of amides is 1. The van der Waals surface area contributed by atoms with Crippen LogP contribution in [0.5, 0.6) is 5.88 Å². The van der Waals surface area contributed by atoms with E-state index < -0.39 is 0 Å². The second-order valence-electron chi connectivity index (χ2n) is 5.53. The predicted molar refractivity (Wildman–Crippen MR) is 81.4 cm³/mol. The van der Waals surface area contributed by atoms with Gasteiger partial charge < -0.3 is 15.0 Å². The number of ether oxygens (including phenoxy) is 1. The molecular formula is C15H24N4O2. The molecule has 1 saturated heterocycles. The van der Waals surface area contributed by atoms with E-state index in [1.54, 1.807) is 12.4 Å². The topological polar surface area (TPSA) is 67.4 Å². The summed E-state index contributed by atoms with van der Waals surface area (Å²) in [5.41, 5.74) is 0. The summed E-state index contributed by atoms with van der Waals surface area (Å²) >= 11 is 0.